The third kappa shape index (κ3) is 4.56. The summed E-state index contributed by atoms with van der Waals surface area (Å²) in [5, 5.41) is 4.79. The Morgan fingerprint density at radius 2 is 1.81 bits per heavy atom. The molecule has 0 aliphatic carbocycles. The van der Waals surface area contributed by atoms with Crippen LogP contribution in [-0.2, 0) is 4.79 Å². The first-order chi connectivity index (χ1) is 7.58. The van der Waals surface area contributed by atoms with Gasteiger partial charge in [0.15, 0.2) is 0 Å². The fourth-order valence-electron chi connectivity index (χ4n) is 1.14. The molecular weight excluding hydrogens is 206 g/mol. The summed E-state index contributed by atoms with van der Waals surface area (Å²) in [6.07, 6.45) is 0. The van der Waals surface area contributed by atoms with Gasteiger partial charge < -0.3 is 10.2 Å². The van der Waals surface area contributed by atoms with Crippen molar-refractivity contribution in [3.05, 3.63) is 30.3 Å². The summed E-state index contributed by atoms with van der Waals surface area (Å²) in [6, 6.07) is 8.43. The van der Waals surface area contributed by atoms with Crippen molar-refractivity contribution in [1.29, 1.82) is 0 Å². The Morgan fingerprint density at radius 3 is 2.38 bits per heavy atom. The summed E-state index contributed by atoms with van der Waals surface area (Å²) in [5.74, 6) is -0.335. The standard InChI is InChI=1S/C11H15N3O2/c1-14(2)8-10(15)13-11(16)12-9-6-4-3-5-7-9/h3-7H,8H2,1-2H3,(H2,12,13,15,16). The summed E-state index contributed by atoms with van der Waals surface area (Å²) < 4.78 is 0. The van der Waals surface area contributed by atoms with Gasteiger partial charge in [0.05, 0.1) is 6.54 Å². The molecule has 0 heterocycles. The second kappa shape index (κ2) is 5.87. The number of hydrogen-bond donors (Lipinski definition) is 2. The molecular formula is C11H15N3O2. The molecule has 0 bridgehead atoms. The van der Waals surface area contributed by atoms with Crippen LogP contribution in [0.3, 0.4) is 0 Å². The summed E-state index contributed by atoms with van der Waals surface area (Å²) in [6.45, 7) is 0.183. The number of para-hydroxylation sites is 1. The molecule has 1 aromatic rings. The molecule has 86 valence electrons. The molecule has 5 nitrogen and oxygen atoms in total. The highest BCUT2D eigenvalue weighted by Crippen LogP contribution is 2.03. The number of likely N-dealkylation sites (N-methyl/N-ethyl adjacent to an activating group) is 1. The number of rotatable bonds is 3. The van der Waals surface area contributed by atoms with Crippen LogP contribution >= 0.6 is 0 Å². The lowest BCUT2D eigenvalue weighted by Crippen LogP contribution is -2.39. The summed E-state index contributed by atoms with van der Waals surface area (Å²) in [5.41, 5.74) is 0.651. The Labute approximate surface area is 94.4 Å². The minimum absolute atomic E-state index is 0.183. The average Bonchev–Trinajstić information content (AvgIpc) is 2.17. The summed E-state index contributed by atoms with van der Waals surface area (Å²) in [7, 11) is 3.52. The first-order valence-electron chi connectivity index (χ1n) is 4.88. The van der Waals surface area contributed by atoms with Crippen LogP contribution in [0.2, 0.25) is 0 Å². The topological polar surface area (TPSA) is 61.4 Å². The highest BCUT2D eigenvalue weighted by molar-refractivity contribution is 6.01. The third-order valence-corrected chi connectivity index (χ3v) is 1.74. The first kappa shape index (κ1) is 12.2. The van der Waals surface area contributed by atoms with Gasteiger partial charge in [-0.1, -0.05) is 18.2 Å². The van der Waals surface area contributed by atoms with E-state index in [2.05, 4.69) is 10.6 Å². The maximum Gasteiger partial charge on any atom is 0.325 e. The minimum Gasteiger partial charge on any atom is -0.308 e. The van der Waals surface area contributed by atoms with Gasteiger partial charge in [0.2, 0.25) is 5.91 Å². The van der Waals surface area contributed by atoms with E-state index >= 15 is 0 Å². The van der Waals surface area contributed by atoms with Crippen molar-refractivity contribution in [3.8, 4) is 0 Å². The predicted octanol–water partition coefficient (Wildman–Crippen LogP) is 0.896. The van der Waals surface area contributed by atoms with E-state index < -0.39 is 6.03 Å². The number of benzene rings is 1. The molecule has 0 spiro atoms. The Morgan fingerprint density at radius 1 is 1.19 bits per heavy atom. The molecule has 0 fully saturated rings. The van der Waals surface area contributed by atoms with Crippen LogP contribution < -0.4 is 10.6 Å². The van der Waals surface area contributed by atoms with Crippen LogP contribution in [0.1, 0.15) is 0 Å². The van der Waals surface area contributed by atoms with E-state index in [4.69, 9.17) is 0 Å². The quantitative estimate of drug-likeness (QED) is 0.797. The van der Waals surface area contributed by atoms with E-state index in [1.54, 1.807) is 43.3 Å². The van der Waals surface area contributed by atoms with E-state index in [1.165, 1.54) is 0 Å². The summed E-state index contributed by atoms with van der Waals surface area (Å²) in [4.78, 5) is 24.3. The van der Waals surface area contributed by atoms with Crippen LogP contribution in [0.15, 0.2) is 30.3 Å². The van der Waals surface area contributed by atoms with Crippen LogP contribution in [-0.4, -0.2) is 37.5 Å². The molecule has 3 amide bonds. The molecule has 0 atom stereocenters. The number of hydrogen-bond acceptors (Lipinski definition) is 3. The molecule has 0 unspecified atom stereocenters. The van der Waals surface area contributed by atoms with E-state index in [0.717, 1.165) is 0 Å². The van der Waals surface area contributed by atoms with Crippen LogP contribution in [0.4, 0.5) is 10.5 Å². The van der Waals surface area contributed by atoms with Crippen molar-refractivity contribution in [3.63, 3.8) is 0 Å². The fourth-order valence-corrected chi connectivity index (χ4v) is 1.14. The molecule has 16 heavy (non-hydrogen) atoms. The van der Waals surface area contributed by atoms with Gasteiger partial charge in [-0.25, -0.2) is 4.79 Å². The van der Waals surface area contributed by atoms with Crippen LogP contribution in [0.25, 0.3) is 0 Å². The lowest BCUT2D eigenvalue weighted by molar-refractivity contribution is -0.120. The van der Waals surface area contributed by atoms with E-state index in [9.17, 15) is 9.59 Å². The molecule has 2 N–H and O–H groups in total. The first-order valence-corrected chi connectivity index (χ1v) is 4.88. The number of amides is 3. The van der Waals surface area contributed by atoms with Gasteiger partial charge >= 0.3 is 6.03 Å². The van der Waals surface area contributed by atoms with E-state index in [-0.39, 0.29) is 12.5 Å². The number of anilines is 1. The number of imide groups is 1. The normalized spacial score (nSPS) is 9.94. The van der Waals surface area contributed by atoms with Gasteiger partial charge in [0.1, 0.15) is 0 Å². The molecule has 0 aliphatic rings. The largest absolute Gasteiger partial charge is 0.325 e. The molecule has 0 saturated carbocycles. The zero-order valence-corrected chi connectivity index (χ0v) is 9.36. The molecule has 0 radical (unpaired) electrons. The van der Waals surface area contributed by atoms with Crippen molar-refractivity contribution < 1.29 is 9.59 Å². The number of carbonyl (C=O) groups excluding carboxylic acids is 2. The van der Waals surface area contributed by atoms with Gasteiger partial charge in [-0.05, 0) is 26.2 Å². The predicted molar refractivity (Wildman–Crippen MR) is 62.2 cm³/mol. The monoisotopic (exact) mass is 221 g/mol. The van der Waals surface area contributed by atoms with Gasteiger partial charge in [-0.15, -0.1) is 0 Å². The number of carbonyl (C=O) groups is 2. The van der Waals surface area contributed by atoms with Crippen molar-refractivity contribution >= 4 is 17.6 Å². The smallest absolute Gasteiger partial charge is 0.308 e. The second-order valence-corrected chi connectivity index (χ2v) is 3.61. The number of nitrogens with zero attached hydrogens (tertiary/aromatic N) is 1. The van der Waals surface area contributed by atoms with E-state index in [0.29, 0.717) is 5.69 Å². The lowest BCUT2D eigenvalue weighted by atomic mass is 10.3. The maximum absolute atomic E-state index is 11.3. The zero-order valence-electron chi connectivity index (χ0n) is 9.36. The Balaban J connectivity index is 2.39. The SMILES string of the molecule is CN(C)CC(=O)NC(=O)Nc1ccccc1. The van der Waals surface area contributed by atoms with Crippen molar-refractivity contribution in [2.45, 2.75) is 0 Å². The molecule has 1 rings (SSSR count). The van der Waals surface area contributed by atoms with Crippen molar-refractivity contribution in [1.82, 2.24) is 10.2 Å². The second-order valence-electron chi connectivity index (χ2n) is 3.61. The third-order valence-electron chi connectivity index (χ3n) is 1.74. The number of urea groups is 1. The average molecular weight is 221 g/mol. The van der Waals surface area contributed by atoms with Gasteiger partial charge in [-0.3, -0.25) is 10.1 Å². The Hall–Kier alpha value is -1.88. The van der Waals surface area contributed by atoms with Gasteiger partial charge in [0.25, 0.3) is 0 Å². The molecule has 0 aliphatic heterocycles. The van der Waals surface area contributed by atoms with Crippen LogP contribution in [0, 0.1) is 0 Å². The molecule has 5 heteroatoms. The van der Waals surface area contributed by atoms with Gasteiger partial charge in [0, 0.05) is 5.69 Å². The molecule has 1 aromatic carbocycles. The molecule has 0 aromatic heterocycles. The van der Waals surface area contributed by atoms with E-state index in [1.807, 2.05) is 6.07 Å². The fraction of sp³-hybridized carbons (Fsp3) is 0.273. The highest BCUT2D eigenvalue weighted by atomic mass is 16.2. The lowest BCUT2D eigenvalue weighted by Gasteiger charge is -2.09. The highest BCUT2D eigenvalue weighted by Gasteiger charge is 2.07. The van der Waals surface area contributed by atoms with Crippen LogP contribution in [0.5, 0.6) is 0 Å². The maximum atomic E-state index is 11.3. The number of nitrogens with one attached hydrogen (secondary N) is 2. The minimum atomic E-state index is -0.516. The molecule has 0 saturated heterocycles. The summed E-state index contributed by atoms with van der Waals surface area (Å²) >= 11 is 0. The Bertz CT molecular complexity index is 363. The van der Waals surface area contributed by atoms with Crippen molar-refractivity contribution in [2.24, 2.45) is 0 Å². The van der Waals surface area contributed by atoms with Gasteiger partial charge in [-0.2, -0.15) is 0 Å². The van der Waals surface area contributed by atoms with Crippen molar-refractivity contribution in [2.75, 3.05) is 26.0 Å². The Kier molecular flexibility index (Phi) is 4.47. The zero-order chi connectivity index (χ0) is 12.0.